The normalized spacial score (nSPS) is 15.3. The van der Waals surface area contributed by atoms with Gasteiger partial charge in [0.05, 0.1) is 12.2 Å². The number of allylic oxidation sites excluding steroid dienone is 1. The van der Waals surface area contributed by atoms with Gasteiger partial charge in [-0.05, 0) is 44.5 Å². The second-order valence-corrected chi connectivity index (χ2v) is 6.09. The van der Waals surface area contributed by atoms with Crippen LogP contribution in [0.4, 0.5) is 4.39 Å². The molecule has 0 N–H and O–H groups in total. The average Bonchev–Trinajstić information content (AvgIpc) is 2.93. The fraction of sp³-hybridized carbons (Fsp3) is 0.238. The Bertz CT molecular complexity index is 932. The van der Waals surface area contributed by atoms with Crippen LogP contribution in [0.2, 0.25) is 0 Å². The van der Waals surface area contributed by atoms with Crippen LogP contribution < -0.4 is 9.47 Å². The maximum absolute atomic E-state index is 13.8. The van der Waals surface area contributed by atoms with E-state index in [9.17, 15) is 14.0 Å². The maximum Gasteiger partial charge on any atom is 0.347 e. The minimum Gasteiger partial charge on any atom is -0.479 e. The van der Waals surface area contributed by atoms with Gasteiger partial charge < -0.3 is 14.2 Å². The number of aryl methyl sites for hydroxylation is 1. The first kappa shape index (κ1) is 18.6. The highest BCUT2D eigenvalue weighted by molar-refractivity contribution is 6.15. The largest absolute Gasteiger partial charge is 0.479 e. The summed E-state index contributed by atoms with van der Waals surface area (Å²) in [5.41, 5.74) is 1.30. The number of carbonyl (C=O) groups is 2. The number of ketones is 1. The number of halogens is 1. The minimum atomic E-state index is -0.798. The summed E-state index contributed by atoms with van der Waals surface area (Å²) in [4.78, 5) is 24.4. The number of Topliss-reactive ketones (excluding diaryl/α,β-unsaturated/α-hetero) is 1. The van der Waals surface area contributed by atoms with Gasteiger partial charge in [0.25, 0.3) is 0 Å². The van der Waals surface area contributed by atoms with Crippen LogP contribution in [0.15, 0.2) is 42.2 Å². The lowest BCUT2D eigenvalue weighted by Crippen LogP contribution is -2.26. The zero-order valence-electron chi connectivity index (χ0n) is 15.2. The molecule has 1 heterocycles. The Balaban J connectivity index is 1.87. The number of fused-ring (bicyclic) bond motifs is 1. The van der Waals surface area contributed by atoms with E-state index in [0.717, 1.165) is 0 Å². The standard InChI is InChI=1S/C21H19FO5/c1-4-25-21(24)13(3)26-15-9-12(2)19-17(11-15)27-18(20(19)23)10-14-7-5-6-8-16(14)22/h5-11,13H,4H2,1-3H3/b18-10-. The van der Waals surface area contributed by atoms with Crippen LogP contribution in [0.5, 0.6) is 11.5 Å². The van der Waals surface area contributed by atoms with E-state index in [0.29, 0.717) is 22.6 Å². The summed E-state index contributed by atoms with van der Waals surface area (Å²) in [5.74, 6) is -0.515. The second kappa shape index (κ2) is 7.61. The highest BCUT2D eigenvalue weighted by Crippen LogP contribution is 2.38. The van der Waals surface area contributed by atoms with Gasteiger partial charge >= 0.3 is 5.97 Å². The van der Waals surface area contributed by atoms with Crippen molar-refractivity contribution in [2.45, 2.75) is 26.9 Å². The van der Waals surface area contributed by atoms with Gasteiger partial charge in [-0.1, -0.05) is 18.2 Å². The van der Waals surface area contributed by atoms with Gasteiger partial charge in [-0.15, -0.1) is 0 Å². The van der Waals surface area contributed by atoms with Crippen LogP contribution in [0.1, 0.15) is 35.3 Å². The van der Waals surface area contributed by atoms with E-state index in [1.54, 1.807) is 45.0 Å². The van der Waals surface area contributed by atoms with Crippen LogP contribution in [-0.4, -0.2) is 24.5 Å². The number of hydrogen-bond donors (Lipinski definition) is 0. The zero-order valence-corrected chi connectivity index (χ0v) is 15.2. The van der Waals surface area contributed by atoms with Crippen molar-refractivity contribution in [2.24, 2.45) is 0 Å². The molecule has 1 aliphatic rings. The number of hydrogen-bond acceptors (Lipinski definition) is 5. The first-order valence-electron chi connectivity index (χ1n) is 8.57. The molecule has 6 heteroatoms. The van der Waals surface area contributed by atoms with E-state index in [2.05, 4.69) is 0 Å². The number of ether oxygens (including phenoxy) is 3. The summed E-state index contributed by atoms with van der Waals surface area (Å²) in [6.07, 6.45) is 0.576. The zero-order chi connectivity index (χ0) is 19.6. The molecule has 2 aromatic rings. The molecule has 0 fully saturated rings. The van der Waals surface area contributed by atoms with Crippen LogP contribution in [0, 0.1) is 12.7 Å². The lowest BCUT2D eigenvalue weighted by Gasteiger charge is -2.14. The Kier molecular flexibility index (Phi) is 5.26. The molecule has 140 valence electrons. The molecule has 5 nitrogen and oxygen atoms in total. The molecular formula is C21H19FO5. The lowest BCUT2D eigenvalue weighted by atomic mass is 10.0. The molecule has 1 atom stereocenters. The van der Waals surface area contributed by atoms with Crippen LogP contribution >= 0.6 is 0 Å². The van der Waals surface area contributed by atoms with Crippen LogP contribution in [0.25, 0.3) is 6.08 Å². The third-order valence-electron chi connectivity index (χ3n) is 4.07. The molecule has 1 aliphatic heterocycles. The molecule has 0 spiro atoms. The molecule has 3 rings (SSSR count). The molecular weight excluding hydrogens is 351 g/mol. The van der Waals surface area contributed by atoms with Gasteiger partial charge in [-0.3, -0.25) is 4.79 Å². The van der Waals surface area contributed by atoms with E-state index < -0.39 is 17.9 Å². The summed E-state index contributed by atoms with van der Waals surface area (Å²) < 4.78 is 30.0. The topological polar surface area (TPSA) is 61.8 Å². The summed E-state index contributed by atoms with van der Waals surface area (Å²) in [7, 11) is 0. The quantitative estimate of drug-likeness (QED) is 0.586. The predicted octanol–water partition coefficient (Wildman–Crippen LogP) is 4.08. The molecule has 1 unspecified atom stereocenters. The van der Waals surface area contributed by atoms with Gasteiger partial charge in [0.15, 0.2) is 11.9 Å². The van der Waals surface area contributed by atoms with E-state index in [-0.39, 0.29) is 23.7 Å². The van der Waals surface area contributed by atoms with Gasteiger partial charge in [0, 0.05) is 11.6 Å². The summed E-state index contributed by atoms with van der Waals surface area (Å²) >= 11 is 0. The van der Waals surface area contributed by atoms with Crippen molar-refractivity contribution < 1.29 is 28.2 Å². The molecule has 2 aromatic carbocycles. The highest BCUT2D eigenvalue weighted by atomic mass is 19.1. The van der Waals surface area contributed by atoms with Gasteiger partial charge in [0.1, 0.15) is 17.3 Å². The minimum absolute atomic E-state index is 0.0359. The lowest BCUT2D eigenvalue weighted by molar-refractivity contribution is -0.150. The Morgan fingerprint density at radius 3 is 2.74 bits per heavy atom. The van der Waals surface area contributed by atoms with Crippen LogP contribution in [-0.2, 0) is 9.53 Å². The average molecular weight is 370 g/mol. The van der Waals surface area contributed by atoms with E-state index in [4.69, 9.17) is 14.2 Å². The number of carbonyl (C=O) groups excluding carboxylic acids is 2. The first-order valence-corrected chi connectivity index (χ1v) is 8.57. The Labute approximate surface area is 156 Å². The van der Waals surface area contributed by atoms with Crippen LogP contribution in [0.3, 0.4) is 0 Å². The predicted molar refractivity (Wildman–Crippen MR) is 97.2 cm³/mol. The van der Waals surface area contributed by atoms with Crippen molar-refractivity contribution in [3.05, 3.63) is 64.7 Å². The first-order chi connectivity index (χ1) is 12.9. The number of benzene rings is 2. The van der Waals surface area contributed by atoms with Gasteiger partial charge in [-0.25, -0.2) is 9.18 Å². The van der Waals surface area contributed by atoms with Crippen molar-refractivity contribution in [3.8, 4) is 11.5 Å². The number of rotatable bonds is 5. The Morgan fingerprint density at radius 2 is 2.04 bits per heavy atom. The molecule has 0 bridgehead atoms. The van der Waals surface area contributed by atoms with Crippen molar-refractivity contribution in [1.29, 1.82) is 0 Å². The highest BCUT2D eigenvalue weighted by Gasteiger charge is 2.30. The SMILES string of the molecule is CCOC(=O)C(C)Oc1cc(C)c2c(c1)O/C(=C\c1ccccc1F)C2=O. The maximum atomic E-state index is 13.8. The van der Waals surface area contributed by atoms with Gasteiger partial charge in [0.2, 0.25) is 5.78 Å². The Hall–Kier alpha value is -3.15. The smallest absolute Gasteiger partial charge is 0.347 e. The molecule has 0 saturated carbocycles. The molecule has 0 amide bonds. The van der Waals surface area contributed by atoms with Crippen molar-refractivity contribution in [1.82, 2.24) is 0 Å². The molecule has 0 radical (unpaired) electrons. The van der Waals surface area contributed by atoms with E-state index in [1.165, 1.54) is 18.2 Å². The van der Waals surface area contributed by atoms with Crippen molar-refractivity contribution in [3.63, 3.8) is 0 Å². The third-order valence-corrected chi connectivity index (χ3v) is 4.07. The van der Waals surface area contributed by atoms with Crippen molar-refractivity contribution >= 4 is 17.8 Å². The summed E-state index contributed by atoms with van der Waals surface area (Å²) in [6.45, 7) is 5.30. The Morgan fingerprint density at radius 1 is 1.30 bits per heavy atom. The molecule has 0 aliphatic carbocycles. The summed E-state index contributed by atoms with van der Waals surface area (Å²) in [6, 6.07) is 9.31. The molecule has 0 saturated heterocycles. The fourth-order valence-corrected chi connectivity index (χ4v) is 2.79. The van der Waals surface area contributed by atoms with Gasteiger partial charge in [-0.2, -0.15) is 0 Å². The molecule has 0 aromatic heterocycles. The van der Waals surface area contributed by atoms with E-state index >= 15 is 0 Å². The third kappa shape index (κ3) is 3.84. The van der Waals surface area contributed by atoms with E-state index in [1.807, 2.05) is 0 Å². The second-order valence-electron chi connectivity index (χ2n) is 6.09. The van der Waals surface area contributed by atoms with Crippen molar-refractivity contribution in [2.75, 3.05) is 6.61 Å². The monoisotopic (exact) mass is 370 g/mol. The summed E-state index contributed by atoms with van der Waals surface area (Å²) in [5, 5.41) is 0. The molecule has 27 heavy (non-hydrogen) atoms. The number of esters is 1. The fourth-order valence-electron chi connectivity index (χ4n) is 2.79.